The fraction of sp³-hybridized carbons (Fsp3) is 0.206. The summed E-state index contributed by atoms with van der Waals surface area (Å²) in [7, 11) is 0. The molecule has 0 atom stereocenters. The molecule has 1 heteroatoms. The van der Waals surface area contributed by atoms with Crippen LogP contribution in [0.25, 0.3) is 55.8 Å². The van der Waals surface area contributed by atoms with Crippen molar-refractivity contribution in [3.8, 4) is 22.3 Å². The first-order chi connectivity index (χ1) is 33.7. The van der Waals surface area contributed by atoms with Gasteiger partial charge in [-0.05, 0) is 131 Å². The van der Waals surface area contributed by atoms with Crippen LogP contribution in [-0.2, 0) is 5.41 Å². The Hall–Kier alpha value is -7.22. The summed E-state index contributed by atoms with van der Waals surface area (Å²) < 4.78 is 6.42. The number of hydrogen-bond acceptors (Lipinski definition) is 1. The Morgan fingerprint density at radius 2 is 1.19 bits per heavy atom. The summed E-state index contributed by atoms with van der Waals surface area (Å²) in [5, 5.41) is 2.28. The van der Waals surface area contributed by atoms with Gasteiger partial charge in [0.05, 0.1) is 5.41 Å². The van der Waals surface area contributed by atoms with Crippen molar-refractivity contribution in [3.63, 3.8) is 0 Å². The summed E-state index contributed by atoms with van der Waals surface area (Å²) >= 11 is 0. The molecule has 0 radical (unpaired) electrons. The lowest BCUT2D eigenvalue weighted by molar-refractivity contribution is 0.670. The molecule has 8 aromatic rings. The highest BCUT2D eigenvalue weighted by Gasteiger charge is 2.47. The minimum Gasteiger partial charge on any atom is -0.455 e. The number of allylic oxidation sites excluding steroid dienone is 9. The molecule has 0 saturated heterocycles. The largest absolute Gasteiger partial charge is 0.455 e. The van der Waals surface area contributed by atoms with Crippen molar-refractivity contribution >= 4 is 33.6 Å². The highest BCUT2D eigenvalue weighted by Crippen LogP contribution is 2.58. The molecule has 9 rings (SSSR count). The second-order valence-corrected chi connectivity index (χ2v) is 18.0. The Labute approximate surface area is 413 Å². The number of unbranched alkanes of at least 4 members (excludes halogenated alkanes) is 1. The zero-order valence-corrected chi connectivity index (χ0v) is 42.5. The van der Waals surface area contributed by atoms with Crippen LogP contribution in [0.2, 0.25) is 0 Å². The molecule has 0 spiro atoms. The molecular formula is C68H70O. The molecule has 1 aliphatic rings. The van der Waals surface area contributed by atoms with E-state index >= 15 is 0 Å². The number of hydrogen-bond donors (Lipinski definition) is 0. The van der Waals surface area contributed by atoms with Crippen LogP contribution in [0.5, 0.6) is 0 Å². The molecule has 0 N–H and O–H groups in total. The van der Waals surface area contributed by atoms with Crippen LogP contribution in [-0.4, -0.2) is 0 Å². The van der Waals surface area contributed by atoms with Gasteiger partial charge in [0.1, 0.15) is 11.2 Å². The van der Waals surface area contributed by atoms with Crippen molar-refractivity contribution in [2.45, 2.75) is 93.4 Å². The topological polar surface area (TPSA) is 13.1 Å². The smallest absolute Gasteiger partial charge is 0.143 e. The number of aryl methyl sites for hydroxylation is 1. The molecule has 1 nitrogen and oxygen atoms in total. The zero-order valence-electron chi connectivity index (χ0n) is 42.5. The highest BCUT2D eigenvalue weighted by atomic mass is 16.3. The third kappa shape index (κ3) is 10.3. The minimum absolute atomic E-state index is 0.487. The fourth-order valence-electron chi connectivity index (χ4n) is 9.82. The third-order valence-corrected chi connectivity index (χ3v) is 13.2. The Balaban J connectivity index is 0.00000112. The number of furan rings is 1. The Morgan fingerprint density at radius 1 is 0.594 bits per heavy atom. The van der Waals surface area contributed by atoms with Gasteiger partial charge in [-0.15, -0.1) is 0 Å². The SMILES string of the molecule is C=C/C(=C\CC)C/C=C(/c1ccc(-c2cccc3c2oc2ccccc23)cc1)c1cccc(/C=C/C(C)=C(\C=C(C)C)C2(c3ccccc3C)c3ccccc3-c3ccccc32)c1.CC.CCCC. The molecule has 0 fully saturated rings. The van der Waals surface area contributed by atoms with Gasteiger partial charge in [0.15, 0.2) is 0 Å². The maximum absolute atomic E-state index is 6.42. The van der Waals surface area contributed by atoms with E-state index in [2.05, 4.69) is 237 Å². The summed E-state index contributed by atoms with van der Waals surface area (Å²) in [5.74, 6) is 0. The van der Waals surface area contributed by atoms with Crippen LogP contribution in [0.3, 0.4) is 0 Å². The molecule has 1 aliphatic carbocycles. The van der Waals surface area contributed by atoms with Gasteiger partial charge in [-0.3, -0.25) is 0 Å². The van der Waals surface area contributed by atoms with Crippen LogP contribution < -0.4 is 0 Å². The second-order valence-electron chi connectivity index (χ2n) is 18.0. The molecule has 0 bridgehead atoms. The van der Waals surface area contributed by atoms with E-state index in [1.807, 2.05) is 32.1 Å². The zero-order chi connectivity index (χ0) is 48.9. The number of benzene rings is 7. The average molecular weight is 903 g/mol. The van der Waals surface area contributed by atoms with Crippen LogP contribution in [0.1, 0.15) is 120 Å². The molecule has 0 saturated carbocycles. The van der Waals surface area contributed by atoms with Gasteiger partial charge in [-0.1, -0.05) is 248 Å². The van der Waals surface area contributed by atoms with E-state index in [-0.39, 0.29) is 0 Å². The van der Waals surface area contributed by atoms with Crippen molar-refractivity contribution in [3.05, 3.63) is 262 Å². The van der Waals surface area contributed by atoms with Gasteiger partial charge in [0.25, 0.3) is 0 Å². The molecule has 7 aromatic carbocycles. The Kier molecular flexibility index (Phi) is 16.7. The maximum atomic E-state index is 6.42. The molecule has 69 heavy (non-hydrogen) atoms. The predicted molar refractivity (Wildman–Crippen MR) is 302 cm³/mol. The summed E-state index contributed by atoms with van der Waals surface area (Å²) in [6.07, 6.45) is 18.0. The van der Waals surface area contributed by atoms with Crippen LogP contribution in [0.4, 0.5) is 0 Å². The van der Waals surface area contributed by atoms with Gasteiger partial charge in [0, 0.05) is 16.3 Å². The van der Waals surface area contributed by atoms with Crippen molar-refractivity contribution in [1.29, 1.82) is 0 Å². The molecular weight excluding hydrogens is 833 g/mol. The lowest BCUT2D eigenvalue weighted by atomic mass is 9.64. The molecule has 348 valence electrons. The van der Waals surface area contributed by atoms with E-state index in [9.17, 15) is 0 Å². The van der Waals surface area contributed by atoms with Crippen molar-refractivity contribution in [1.82, 2.24) is 0 Å². The summed E-state index contributed by atoms with van der Waals surface area (Å²) in [5.41, 5.74) is 21.1. The number of fused-ring (bicyclic) bond motifs is 6. The Bertz CT molecular complexity index is 3160. The van der Waals surface area contributed by atoms with E-state index in [0.717, 1.165) is 57.0 Å². The normalized spacial score (nSPS) is 13.2. The third-order valence-electron chi connectivity index (χ3n) is 13.2. The first-order valence-electron chi connectivity index (χ1n) is 25.2. The summed E-state index contributed by atoms with van der Waals surface area (Å²) in [4.78, 5) is 0. The summed E-state index contributed by atoms with van der Waals surface area (Å²) in [6.45, 7) is 23.6. The molecule has 0 unspecified atom stereocenters. The lowest BCUT2D eigenvalue weighted by Crippen LogP contribution is -2.31. The molecule has 1 heterocycles. The quantitative estimate of drug-likeness (QED) is 0.105. The minimum atomic E-state index is -0.487. The monoisotopic (exact) mass is 903 g/mol. The average Bonchev–Trinajstić information content (AvgIpc) is 3.92. The van der Waals surface area contributed by atoms with Gasteiger partial charge in [-0.2, -0.15) is 0 Å². The van der Waals surface area contributed by atoms with Crippen LogP contribution in [0.15, 0.2) is 227 Å². The molecule has 0 amide bonds. The van der Waals surface area contributed by atoms with Crippen LogP contribution >= 0.6 is 0 Å². The van der Waals surface area contributed by atoms with E-state index in [4.69, 9.17) is 4.42 Å². The van der Waals surface area contributed by atoms with Crippen molar-refractivity contribution < 1.29 is 4.42 Å². The number of para-hydroxylation sites is 2. The van der Waals surface area contributed by atoms with Crippen molar-refractivity contribution in [2.75, 3.05) is 0 Å². The van der Waals surface area contributed by atoms with E-state index < -0.39 is 5.41 Å². The first-order valence-corrected chi connectivity index (χ1v) is 25.2. The lowest BCUT2D eigenvalue weighted by Gasteiger charge is -2.37. The highest BCUT2D eigenvalue weighted by molar-refractivity contribution is 6.09. The fourth-order valence-corrected chi connectivity index (χ4v) is 9.82. The van der Waals surface area contributed by atoms with E-state index in [1.54, 1.807) is 0 Å². The Morgan fingerprint density at radius 3 is 1.83 bits per heavy atom. The molecule has 1 aromatic heterocycles. The van der Waals surface area contributed by atoms with Gasteiger partial charge in [0.2, 0.25) is 0 Å². The van der Waals surface area contributed by atoms with Gasteiger partial charge in [-0.25, -0.2) is 0 Å². The summed E-state index contributed by atoms with van der Waals surface area (Å²) in [6, 6.07) is 59.6. The number of rotatable bonds is 13. The van der Waals surface area contributed by atoms with Crippen LogP contribution in [0, 0.1) is 6.92 Å². The van der Waals surface area contributed by atoms with Gasteiger partial charge < -0.3 is 4.42 Å². The van der Waals surface area contributed by atoms with Gasteiger partial charge >= 0.3 is 0 Å². The predicted octanol–water partition coefficient (Wildman–Crippen LogP) is 20.0. The second kappa shape index (κ2) is 23.2. The van der Waals surface area contributed by atoms with E-state index in [0.29, 0.717) is 0 Å². The molecule has 0 aliphatic heterocycles. The first kappa shape index (κ1) is 49.7. The van der Waals surface area contributed by atoms with Crippen molar-refractivity contribution in [2.24, 2.45) is 0 Å². The van der Waals surface area contributed by atoms with E-state index in [1.165, 1.54) is 79.7 Å². The maximum Gasteiger partial charge on any atom is 0.143 e. The standard InChI is InChI=1S/C62H54O.C4H10.C2H6/c1-7-19-45(8-2)34-39-50(47-35-37-48(38-36-47)51-26-18-27-55-54-25-12-16-31-60(54)63-61(51)55)49-22-17-21-46(41-49)33-32-44(6)59(40-42(3)4)62(56-28-13-9-20-43(56)5)57-29-14-10-23-52(57)53-24-11-15-30-58(53)62;1-3-4-2;1-2/h8-33,35-41H,2,7,34H2,1,3-6H3;3-4H2,1-2H3;1-2H3/b33-32+,45-19+,50-39-,59-44+;;.